The first kappa shape index (κ1) is 27.6. The lowest BCUT2D eigenvalue weighted by molar-refractivity contribution is -0.130. The van der Waals surface area contributed by atoms with Gasteiger partial charge in [-0.05, 0) is 61.7 Å². The van der Waals surface area contributed by atoms with Crippen LogP contribution in [-0.2, 0) is 27.6 Å². The zero-order valence-electron chi connectivity index (χ0n) is 20.2. The van der Waals surface area contributed by atoms with Crippen LogP contribution in [0.5, 0.6) is 0 Å². The standard InChI is InChI=1S/C26H34FN3O3S.ClH/c1-34(32,33)25-6-3-2-5-22(25)20-28-15-11-24(12-16-28)29-13-4-14-30(18-17-29)26(31)19-21-7-9-23(27)10-8-21;/h2-3,5-10,24H,4,11-20H2,1H3;1H. The van der Waals surface area contributed by atoms with E-state index in [1.54, 1.807) is 24.3 Å². The molecule has 2 aromatic rings. The van der Waals surface area contributed by atoms with Crippen LogP contribution < -0.4 is 0 Å². The van der Waals surface area contributed by atoms with Gasteiger partial charge in [0.1, 0.15) is 5.82 Å². The lowest BCUT2D eigenvalue weighted by atomic mass is 10.0. The first-order chi connectivity index (χ1) is 16.3. The van der Waals surface area contributed by atoms with Gasteiger partial charge < -0.3 is 4.90 Å². The highest BCUT2D eigenvalue weighted by Gasteiger charge is 2.28. The number of halogens is 2. The van der Waals surface area contributed by atoms with Gasteiger partial charge in [0, 0.05) is 45.0 Å². The van der Waals surface area contributed by atoms with Gasteiger partial charge in [0.05, 0.1) is 11.3 Å². The van der Waals surface area contributed by atoms with E-state index in [-0.39, 0.29) is 24.1 Å². The normalized spacial score (nSPS) is 18.6. The fourth-order valence-electron chi connectivity index (χ4n) is 5.12. The molecule has 2 aromatic carbocycles. The fraction of sp³-hybridized carbons (Fsp3) is 0.500. The van der Waals surface area contributed by atoms with Crippen molar-refractivity contribution in [3.8, 4) is 0 Å². The molecule has 0 aliphatic carbocycles. The summed E-state index contributed by atoms with van der Waals surface area (Å²) in [5.41, 5.74) is 1.71. The summed E-state index contributed by atoms with van der Waals surface area (Å²) in [5.74, 6) is -0.180. The van der Waals surface area contributed by atoms with Gasteiger partial charge in [-0.1, -0.05) is 30.3 Å². The SMILES string of the molecule is CS(=O)(=O)c1ccccc1CN1CCC(N2CCCN(C(=O)Cc3ccc(F)cc3)CC2)CC1.Cl. The molecule has 2 heterocycles. The molecule has 4 rings (SSSR count). The Labute approximate surface area is 214 Å². The topological polar surface area (TPSA) is 60.9 Å². The van der Waals surface area contributed by atoms with Crippen molar-refractivity contribution in [3.05, 3.63) is 65.5 Å². The van der Waals surface area contributed by atoms with E-state index >= 15 is 0 Å². The van der Waals surface area contributed by atoms with Gasteiger partial charge in [0.25, 0.3) is 0 Å². The molecular weight excluding hydrogens is 489 g/mol. The van der Waals surface area contributed by atoms with Crippen LogP contribution in [0, 0.1) is 5.82 Å². The molecule has 0 bridgehead atoms. The van der Waals surface area contributed by atoms with Gasteiger partial charge in [0.2, 0.25) is 5.91 Å². The summed E-state index contributed by atoms with van der Waals surface area (Å²) < 4.78 is 37.3. The molecule has 2 fully saturated rings. The minimum absolute atomic E-state index is 0. The first-order valence-electron chi connectivity index (χ1n) is 12.1. The Balaban J connectivity index is 0.00000342. The number of hydrogen-bond acceptors (Lipinski definition) is 5. The summed E-state index contributed by atoms with van der Waals surface area (Å²) >= 11 is 0. The van der Waals surface area contributed by atoms with Crippen LogP contribution in [0.4, 0.5) is 4.39 Å². The van der Waals surface area contributed by atoms with Crippen molar-refractivity contribution in [2.24, 2.45) is 0 Å². The lowest BCUT2D eigenvalue weighted by Gasteiger charge is -2.38. The summed E-state index contributed by atoms with van der Waals surface area (Å²) in [6.07, 6.45) is 4.63. The van der Waals surface area contributed by atoms with E-state index in [4.69, 9.17) is 0 Å². The second-order valence-corrected chi connectivity index (χ2v) is 11.4. The number of likely N-dealkylation sites (tertiary alicyclic amines) is 1. The molecule has 2 aliphatic heterocycles. The Bertz CT molecular complexity index is 1090. The van der Waals surface area contributed by atoms with Crippen LogP contribution in [0.1, 0.15) is 30.4 Å². The van der Waals surface area contributed by atoms with Crippen LogP contribution in [0.25, 0.3) is 0 Å². The van der Waals surface area contributed by atoms with Crippen LogP contribution >= 0.6 is 12.4 Å². The number of amides is 1. The highest BCUT2D eigenvalue weighted by Crippen LogP contribution is 2.23. The Morgan fingerprint density at radius 1 is 0.943 bits per heavy atom. The molecule has 0 saturated carbocycles. The van der Waals surface area contributed by atoms with Crippen molar-refractivity contribution in [2.75, 3.05) is 45.5 Å². The second kappa shape index (κ2) is 12.3. The van der Waals surface area contributed by atoms with Gasteiger partial charge in [0.15, 0.2) is 9.84 Å². The van der Waals surface area contributed by atoms with Crippen LogP contribution in [0.2, 0.25) is 0 Å². The Kier molecular flexibility index (Phi) is 9.69. The van der Waals surface area contributed by atoms with E-state index in [0.29, 0.717) is 23.9 Å². The highest BCUT2D eigenvalue weighted by atomic mass is 35.5. The van der Waals surface area contributed by atoms with Gasteiger partial charge in [-0.15, -0.1) is 12.4 Å². The zero-order valence-corrected chi connectivity index (χ0v) is 21.9. The summed E-state index contributed by atoms with van der Waals surface area (Å²) in [6.45, 7) is 5.87. The monoisotopic (exact) mass is 523 g/mol. The molecular formula is C26H35ClFN3O3S. The van der Waals surface area contributed by atoms with Gasteiger partial charge in [-0.2, -0.15) is 0 Å². The summed E-state index contributed by atoms with van der Waals surface area (Å²) in [6, 6.07) is 13.9. The number of benzene rings is 2. The summed E-state index contributed by atoms with van der Waals surface area (Å²) in [7, 11) is -3.23. The molecule has 0 atom stereocenters. The third-order valence-corrected chi connectivity index (χ3v) is 8.19. The quantitative estimate of drug-likeness (QED) is 0.581. The average molecular weight is 524 g/mol. The van der Waals surface area contributed by atoms with Crippen molar-refractivity contribution in [3.63, 3.8) is 0 Å². The molecule has 0 N–H and O–H groups in total. The van der Waals surface area contributed by atoms with Crippen molar-refractivity contribution < 1.29 is 17.6 Å². The van der Waals surface area contributed by atoms with Crippen molar-refractivity contribution in [1.82, 2.24) is 14.7 Å². The number of carbonyl (C=O) groups is 1. The molecule has 2 saturated heterocycles. The van der Waals surface area contributed by atoms with Crippen LogP contribution in [0.3, 0.4) is 0 Å². The highest BCUT2D eigenvalue weighted by molar-refractivity contribution is 7.90. The maximum absolute atomic E-state index is 13.1. The van der Waals surface area contributed by atoms with E-state index in [9.17, 15) is 17.6 Å². The van der Waals surface area contributed by atoms with Crippen LogP contribution in [-0.4, -0.2) is 80.6 Å². The number of sulfone groups is 1. The molecule has 35 heavy (non-hydrogen) atoms. The molecule has 2 aliphatic rings. The smallest absolute Gasteiger partial charge is 0.227 e. The van der Waals surface area contributed by atoms with Gasteiger partial charge in [-0.3, -0.25) is 14.6 Å². The fourth-order valence-corrected chi connectivity index (χ4v) is 6.05. The van der Waals surface area contributed by atoms with E-state index in [1.165, 1.54) is 18.4 Å². The molecule has 9 heteroatoms. The van der Waals surface area contributed by atoms with E-state index < -0.39 is 9.84 Å². The maximum atomic E-state index is 13.1. The molecule has 0 aromatic heterocycles. The molecule has 0 unspecified atom stereocenters. The van der Waals surface area contributed by atoms with Crippen molar-refractivity contribution >= 4 is 28.2 Å². The second-order valence-electron chi connectivity index (χ2n) is 9.46. The third kappa shape index (κ3) is 7.49. The van der Waals surface area contributed by atoms with Crippen LogP contribution in [0.15, 0.2) is 53.4 Å². The van der Waals surface area contributed by atoms with Gasteiger partial charge in [-0.25, -0.2) is 12.8 Å². The van der Waals surface area contributed by atoms with E-state index in [1.807, 2.05) is 17.0 Å². The van der Waals surface area contributed by atoms with E-state index in [2.05, 4.69) is 9.80 Å². The third-order valence-electron chi connectivity index (χ3n) is 6.99. The number of carbonyl (C=O) groups excluding carboxylic acids is 1. The zero-order chi connectivity index (χ0) is 24.1. The maximum Gasteiger partial charge on any atom is 0.227 e. The van der Waals surface area contributed by atoms with Crippen molar-refractivity contribution in [2.45, 2.75) is 43.2 Å². The lowest BCUT2D eigenvalue weighted by Crippen LogP contribution is -2.46. The minimum Gasteiger partial charge on any atom is -0.341 e. The predicted octanol–water partition coefficient (Wildman–Crippen LogP) is 3.39. The number of piperidine rings is 1. The number of hydrogen-bond donors (Lipinski definition) is 0. The number of nitrogens with zero attached hydrogens (tertiary/aromatic N) is 3. The summed E-state index contributed by atoms with van der Waals surface area (Å²) in [5, 5.41) is 0. The minimum atomic E-state index is -3.23. The van der Waals surface area contributed by atoms with Gasteiger partial charge >= 0.3 is 0 Å². The van der Waals surface area contributed by atoms with Crippen molar-refractivity contribution in [1.29, 1.82) is 0 Å². The Hall–Kier alpha value is -2.00. The molecule has 0 radical (unpaired) electrons. The van der Waals surface area contributed by atoms with E-state index in [0.717, 1.165) is 69.7 Å². The Morgan fingerprint density at radius 3 is 2.31 bits per heavy atom. The molecule has 192 valence electrons. The average Bonchev–Trinajstić information content (AvgIpc) is 3.07. The first-order valence-corrected chi connectivity index (χ1v) is 14.0. The molecule has 0 spiro atoms. The Morgan fingerprint density at radius 2 is 1.63 bits per heavy atom. The predicted molar refractivity (Wildman–Crippen MR) is 138 cm³/mol. The molecule has 1 amide bonds. The largest absolute Gasteiger partial charge is 0.341 e. The summed E-state index contributed by atoms with van der Waals surface area (Å²) in [4.78, 5) is 20.0. The number of rotatable bonds is 6. The molecule has 6 nitrogen and oxygen atoms in total.